The van der Waals surface area contributed by atoms with Crippen LogP contribution in [0.25, 0.3) is 0 Å². The maximum Gasteiger partial charge on any atom is 0.171 e. The Morgan fingerprint density at radius 2 is 1.90 bits per heavy atom. The number of thiocarbonyl (C=S) groups is 1. The number of anilines is 1. The molecule has 9 heteroatoms. The lowest BCUT2D eigenvalue weighted by Gasteiger charge is -2.10. The molecule has 0 spiro atoms. The van der Waals surface area contributed by atoms with Crippen LogP contribution < -0.4 is 10.6 Å². The molecular weight excluding hydrogens is 411 g/mol. The van der Waals surface area contributed by atoms with Crippen molar-refractivity contribution in [3.8, 4) is 0 Å². The van der Waals surface area contributed by atoms with E-state index >= 15 is 0 Å². The Morgan fingerprint density at radius 3 is 2.59 bits per heavy atom. The van der Waals surface area contributed by atoms with Gasteiger partial charge >= 0.3 is 0 Å². The van der Waals surface area contributed by atoms with Crippen LogP contribution in [0.5, 0.6) is 0 Å². The molecule has 154 valence electrons. The minimum Gasteiger partial charge on any atom is -0.362 e. The van der Waals surface area contributed by atoms with E-state index in [1.54, 1.807) is 16.8 Å². The van der Waals surface area contributed by atoms with Crippen molar-refractivity contribution >= 4 is 34.7 Å². The molecule has 0 amide bonds. The van der Waals surface area contributed by atoms with E-state index in [1.807, 2.05) is 31.5 Å². The van der Waals surface area contributed by atoms with Crippen molar-refractivity contribution in [2.24, 2.45) is 0 Å². The highest BCUT2D eigenvalue weighted by Gasteiger charge is 2.11. The van der Waals surface area contributed by atoms with Crippen molar-refractivity contribution < 1.29 is 4.39 Å². The molecule has 0 aliphatic rings. The lowest BCUT2D eigenvalue weighted by Crippen LogP contribution is -2.30. The molecule has 0 atom stereocenters. The van der Waals surface area contributed by atoms with Crippen LogP contribution in [-0.4, -0.2) is 31.2 Å². The molecule has 29 heavy (non-hydrogen) atoms. The average molecular weight is 435 g/mol. The summed E-state index contributed by atoms with van der Waals surface area (Å²) in [5.41, 5.74) is 3.46. The summed E-state index contributed by atoms with van der Waals surface area (Å²) < 4.78 is 17.7. The van der Waals surface area contributed by atoms with Crippen molar-refractivity contribution in [3.05, 3.63) is 63.8 Å². The summed E-state index contributed by atoms with van der Waals surface area (Å²) >= 11 is 11.5. The van der Waals surface area contributed by atoms with Gasteiger partial charge in [-0.25, -0.2) is 4.39 Å². The number of nitrogens with one attached hydrogen (secondary N) is 2. The fourth-order valence-corrected chi connectivity index (χ4v) is 3.49. The van der Waals surface area contributed by atoms with Crippen molar-refractivity contribution in [2.75, 3.05) is 11.9 Å². The highest BCUT2D eigenvalue weighted by molar-refractivity contribution is 7.80. The quantitative estimate of drug-likeness (QED) is 0.430. The zero-order chi connectivity index (χ0) is 21.0. The van der Waals surface area contributed by atoms with E-state index in [-0.39, 0.29) is 12.4 Å². The van der Waals surface area contributed by atoms with Gasteiger partial charge in [-0.2, -0.15) is 10.2 Å². The molecule has 0 radical (unpaired) electrons. The molecule has 2 N–H and O–H groups in total. The van der Waals surface area contributed by atoms with Crippen LogP contribution in [0.4, 0.5) is 10.2 Å². The molecule has 2 aromatic heterocycles. The SMILES string of the molecule is Cc1cc(C)n(CCCNC(=S)Nc2cc(C)n(Cc3c(F)cccc3Cl)n2)n1. The number of nitrogens with zero attached hydrogens (tertiary/aromatic N) is 4. The number of aromatic nitrogens is 4. The van der Waals surface area contributed by atoms with E-state index in [9.17, 15) is 4.39 Å². The highest BCUT2D eigenvalue weighted by Crippen LogP contribution is 2.21. The van der Waals surface area contributed by atoms with Gasteiger partial charge < -0.3 is 10.6 Å². The van der Waals surface area contributed by atoms with E-state index < -0.39 is 0 Å². The van der Waals surface area contributed by atoms with Crippen molar-refractivity contribution in [2.45, 2.75) is 40.3 Å². The Hall–Kier alpha value is -2.45. The van der Waals surface area contributed by atoms with Crippen molar-refractivity contribution in [1.29, 1.82) is 0 Å². The predicted molar refractivity (Wildman–Crippen MR) is 118 cm³/mol. The van der Waals surface area contributed by atoms with Gasteiger partial charge in [0.1, 0.15) is 5.82 Å². The molecule has 0 fully saturated rings. The second kappa shape index (κ2) is 9.37. The van der Waals surface area contributed by atoms with Crippen molar-refractivity contribution in [1.82, 2.24) is 24.9 Å². The molecular formula is C20H24ClFN6S. The van der Waals surface area contributed by atoms with Crippen LogP contribution in [0.1, 0.15) is 29.1 Å². The number of halogens is 2. The summed E-state index contributed by atoms with van der Waals surface area (Å²) in [5, 5.41) is 16.0. The third-order valence-electron chi connectivity index (χ3n) is 4.53. The number of hydrogen-bond donors (Lipinski definition) is 2. The van der Waals surface area contributed by atoms with Crippen LogP contribution in [0, 0.1) is 26.6 Å². The minimum absolute atomic E-state index is 0.252. The molecule has 1 aromatic carbocycles. The molecule has 0 saturated heterocycles. The highest BCUT2D eigenvalue weighted by atomic mass is 35.5. The first kappa shape index (κ1) is 21.3. The summed E-state index contributed by atoms with van der Waals surface area (Å²) in [6.07, 6.45) is 0.892. The summed E-state index contributed by atoms with van der Waals surface area (Å²) in [7, 11) is 0. The number of hydrogen-bond acceptors (Lipinski definition) is 3. The van der Waals surface area contributed by atoms with Crippen LogP contribution in [-0.2, 0) is 13.1 Å². The van der Waals surface area contributed by atoms with Crippen LogP contribution in [0.3, 0.4) is 0 Å². The molecule has 0 aliphatic heterocycles. The van der Waals surface area contributed by atoms with Gasteiger partial charge in [0.15, 0.2) is 10.9 Å². The fourth-order valence-electron chi connectivity index (χ4n) is 3.06. The van der Waals surface area contributed by atoms with Gasteiger partial charge in [0.25, 0.3) is 0 Å². The normalized spacial score (nSPS) is 10.9. The molecule has 0 aliphatic carbocycles. The molecule has 3 rings (SSSR count). The first-order chi connectivity index (χ1) is 13.8. The van der Waals surface area contributed by atoms with Gasteiger partial charge in [0.05, 0.1) is 12.2 Å². The van der Waals surface area contributed by atoms with E-state index in [2.05, 4.69) is 26.9 Å². The lowest BCUT2D eigenvalue weighted by atomic mass is 10.2. The number of rotatable bonds is 7. The lowest BCUT2D eigenvalue weighted by molar-refractivity contribution is 0.558. The average Bonchev–Trinajstić information content (AvgIpc) is 3.16. The van der Waals surface area contributed by atoms with Gasteiger partial charge in [-0.15, -0.1) is 0 Å². The largest absolute Gasteiger partial charge is 0.362 e. The number of benzene rings is 1. The molecule has 0 saturated carbocycles. The monoisotopic (exact) mass is 434 g/mol. The Bertz CT molecular complexity index is 992. The van der Waals surface area contributed by atoms with E-state index in [0.29, 0.717) is 28.1 Å². The van der Waals surface area contributed by atoms with Crippen LogP contribution in [0.2, 0.25) is 5.02 Å². The molecule has 3 aromatic rings. The smallest absolute Gasteiger partial charge is 0.171 e. The van der Waals surface area contributed by atoms with Crippen LogP contribution >= 0.6 is 23.8 Å². The maximum absolute atomic E-state index is 14.0. The van der Waals surface area contributed by atoms with Gasteiger partial charge in [-0.1, -0.05) is 17.7 Å². The van der Waals surface area contributed by atoms with Gasteiger partial charge in [0, 0.05) is 41.1 Å². The molecule has 6 nitrogen and oxygen atoms in total. The van der Waals surface area contributed by atoms with Gasteiger partial charge in [-0.05, 0) is 57.6 Å². The first-order valence-corrected chi connectivity index (χ1v) is 10.2. The molecule has 2 heterocycles. The van der Waals surface area contributed by atoms with Crippen LogP contribution in [0.15, 0.2) is 30.3 Å². The third kappa shape index (κ3) is 5.55. The second-order valence-electron chi connectivity index (χ2n) is 6.91. The summed E-state index contributed by atoms with van der Waals surface area (Å²) in [4.78, 5) is 0. The summed E-state index contributed by atoms with van der Waals surface area (Å²) in [6.45, 7) is 7.73. The number of aryl methyl sites for hydroxylation is 4. The van der Waals surface area contributed by atoms with E-state index in [4.69, 9.17) is 23.8 Å². The third-order valence-corrected chi connectivity index (χ3v) is 5.13. The van der Waals surface area contributed by atoms with Crippen molar-refractivity contribution in [3.63, 3.8) is 0 Å². The Balaban J connectivity index is 1.51. The topological polar surface area (TPSA) is 59.7 Å². The summed E-state index contributed by atoms with van der Waals surface area (Å²) in [5.74, 6) is 0.257. The Labute approximate surface area is 180 Å². The second-order valence-corrected chi connectivity index (χ2v) is 7.73. The Morgan fingerprint density at radius 1 is 1.14 bits per heavy atom. The predicted octanol–water partition coefficient (Wildman–Crippen LogP) is 4.22. The molecule has 0 unspecified atom stereocenters. The van der Waals surface area contributed by atoms with E-state index in [1.165, 1.54) is 6.07 Å². The minimum atomic E-state index is -0.346. The molecule has 0 bridgehead atoms. The zero-order valence-electron chi connectivity index (χ0n) is 16.7. The van der Waals surface area contributed by atoms with Gasteiger partial charge in [-0.3, -0.25) is 9.36 Å². The fraction of sp³-hybridized carbons (Fsp3) is 0.350. The Kier molecular flexibility index (Phi) is 6.87. The maximum atomic E-state index is 14.0. The van der Waals surface area contributed by atoms with E-state index in [0.717, 1.165) is 30.0 Å². The standard InChI is InChI=1S/C20H24ClFN6S/c1-13-10-14(2)27(25-13)9-5-8-23-20(29)24-19-11-15(3)28(26-19)12-16-17(21)6-4-7-18(16)22/h4,6-7,10-11H,5,8-9,12H2,1-3H3,(H2,23,24,26,29). The first-order valence-electron chi connectivity index (χ1n) is 9.36. The van der Waals surface area contributed by atoms with Gasteiger partial charge in [0.2, 0.25) is 0 Å². The zero-order valence-corrected chi connectivity index (χ0v) is 18.2. The summed E-state index contributed by atoms with van der Waals surface area (Å²) in [6, 6.07) is 8.57.